The average molecular weight is 473 g/mol. The van der Waals surface area contributed by atoms with Crippen LogP contribution in [0.2, 0.25) is 0 Å². The van der Waals surface area contributed by atoms with Crippen molar-refractivity contribution in [1.29, 1.82) is 0 Å². The average Bonchev–Trinajstić information content (AvgIpc) is 3.08. The molecule has 0 bridgehead atoms. The molecule has 1 amide bonds. The number of hydrogen-bond donors (Lipinski definition) is 1. The molecule has 1 N–H and O–H groups in total. The first-order valence-electron chi connectivity index (χ1n) is 8.75. The van der Waals surface area contributed by atoms with Gasteiger partial charge in [-0.2, -0.15) is 0 Å². The summed E-state index contributed by atoms with van der Waals surface area (Å²) in [7, 11) is -2.42. The molecular weight excluding hydrogens is 452 g/mol. The van der Waals surface area contributed by atoms with Crippen LogP contribution in [0.1, 0.15) is 24.8 Å². The zero-order chi connectivity index (χ0) is 20.1. The molecule has 152 valence electrons. The number of aromatic nitrogens is 1. The van der Waals surface area contributed by atoms with Crippen LogP contribution in [0.15, 0.2) is 46.0 Å². The van der Waals surface area contributed by atoms with E-state index in [1.54, 1.807) is 18.2 Å². The SMILES string of the molecule is CNC(=O)OCc1cc(Br)n(S(=O)(=O)c2cccc(OC3CCCCO3)c2)c1. The third-order valence-corrected chi connectivity index (χ3v) is 6.66. The van der Waals surface area contributed by atoms with Gasteiger partial charge in [0.05, 0.1) is 11.5 Å². The first kappa shape index (κ1) is 20.7. The number of hydrogen-bond acceptors (Lipinski definition) is 6. The molecule has 8 nitrogen and oxygen atoms in total. The number of amides is 1. The normalized spacial score (nSPS) is 17.1. The number of rotatable bonds is 6. The van der Waals surface area contributed by atoms with E-state index >= 15 is 0 Å². The van der Waals surface area contributed by atoms with Crippen molar-refractivity contribution in [2.75, 3.05) is 13.7 Å². The van der Waals surface area contributed by atoms with Crippen LogP contribution in [-0.2, 0) is 26.1 Å². The molecule has 28 heavy (non-hydrogen) atoms. The molecule has 10 heteroatoms. The van der Waals surface area contributed by atoms with Crippen molar-refractivity contribution in [3.05, 3.63) is 46.7 Å². The van der Waals surface area contributed by atoms with Gasteiger partial charge in [-0.1, -0.05) is 6.07 Å². The van der Waals surface area contributed by atoms with Crippen LogP contribution in [0.5, 0.6) is 5.75 Å². The van der Waals surface area contributed by atoms with Crippen LogP contribution in [-0.4, -0.2) is 38.4 Å². The second kappa shape index (κ2) is 8.97. The molecule has 2 aromatic rings. The van der Waals surface area contributed by atoms with E-state index in [1.807, 2.05) is 0 Å². The number of carbonyl (C=O) groups excluding carboxylic acids is 1. The first-order chi connectivity index (χ1) is 13.4. The van der Waals surface area contributed by atoms with Crippen molar-refractivity contribution in [3.63, 3.8) is 0 Å². The highest BCUT2D eigenvalue weighted by Crippen LogP contribution is 2.26. The van der Waals surface area contributed by atoms with E-state index in [9.17, 15) is 13.2 Å². The van der Waals surface area contributed by atoms with E-state index in [0.717, 1.165) is 23.2 Å². The van der Waals surface area contributed by atoms with Crippen LogP contribution >= 0.6 is 15.9 Å². The number of halogens is 1. The molecule has 1 aromatic heterocycles. The highest BCUT2D eigenvalue weighted by molar-refractivity contribution is 9.10. The number of benzene rings is 1. The molecule has 0 spiro atoms. The van der Waals surface area contributed by atoms with Gasteiger partial charge in [0.25, 0.3) is 10.0 Å². The van der Waals surface area contributed by atoms with Crippen molar-refractivity contribution < 1.29 is 27.4 Å². The molecule has 1 unspecified atom stereocenters. The maximum Gasteiger partial charge on any atom is 0.407 e. The number of nitrogens with zero attached hydrogens (tertiary/aromatic N) is 1. The van der Waals surface area contributed by atoms with Crippen LogP contribution in [0, 0.1) is 0 Å². The smallest absolute Gasteiger partial charge is 0.407 e. The van der Waals surface area contributed by atoms with Crippen LogP contribution in [0.4, 0.5) is 4.79 Å². The van der Waals surface area contributed by atoms with E-state index in [0.29, 0.717) is 22.5 Å². The lowest BCUT2D eigenvalue weighted by Gasteiger charge is -2.23. The third kappa shape index (κ3) is 4.86. The molecule has 3 rings (SSSR count). The van der Waals surface area contributed by atoms with E-state index < -0.39 is 16.1 Å². The van der Waals surface area contributed by atoms with Crippen LogP contribution < -0.4 is 10.1 Å². The lowest BCUT2D eigenvalue weighted by atomic mass is 10.2. The zero-order valence-corrected chi connectivity index (χ0v) is 17.7. The second-order valence-electron chi connectivity index (χ2n) is 6.19. The minimum absolute atomic E-state index is 0.0526. The Morgan fingerprint density at radius 3 is 2.89 bits per heavy atom. The molecular formula is C18H21BrN2O6S. The minimum atomic E-state index is -3.86. The summed E-state index contributed by atoms with van der Waals surface area (Å²) in [6.07, 6.45) is 3.23. The zero-order valence-electron chi connectivity index (χ0n) is 15.3. The summed E-state index contributed by atoms with van der Waals surface area (Å²) in [5.41, 5.74) is 0.530. The summed E-state index contributed by atoms with van der Waals surface area (Å²) in [4.78, 5) is 11.3. The van der Waals surface area contributed by atoms with Crippen molar-refractivity contribution >= 4 is 32.0 Å². The van der Waals surface area contributed by atoms with Crippen LogP contribution in [0.25, 0.3) is 0 Å². The molecule has 0 saturated carbocycles. The molecule has 2 heterocycles. The van der Waals surface area contributed by atoms with Crippen molar-refractivity contribution in [3.8, 4) is 5.75 Å². The Balaban J connectivity index is 1.79. The van der Waals surface area contributed by atoms with E-state index in [2.05, 4.69) is 21.2 Å². The monoisotopic (exact) mass is 472 g/mol. The lowest BCUT2D eigenvalue weighted by Crippen LogP contribution is -2.25. The van der Waals surface area contributed by atoms with Gasteiger partial charge in [-0.25, -0.2) is 17.2 Å². The van der Waals surface area contributed by atoms with Gasteiger partial charge in [-0.3, -0.25) is 0 Å². The molecule has 1 aromatic carbocycles. The molecule has 1 saturated heterocycles. The van der Waals surface area contributed by atoms with Gasteiger partial charge in [0.15, 0.2) is 6.29 Å². The molecule has 1 atom stereocenters. The van der Waals surface area contributed by atoms with Gasteiger partial charge in [-0.15, -0.1) is 0 Å². The maximum absolute atomic E-state index is 13.0. The van der Waals surface area contributed by atoms with Crippen molar-refractivity contribution in [2.24, 2.45) is 0 Å². The summed E-state index contributed by atoms with van der Waals surface area (Å²) in [6.45, 7) is 0.586. The van der Waals surface area contributed by atoms with Crippen molar-refractivity contribution in [1.82, 2.24) is 9.29 Å². The van der Waals surface area contributed by atoms with Crippen LogP contribution in [0.3, 0.4) is 0 Å². The summed E-state index contributed by atoms with van der Waals surface area (Å²) in [6, 6.07) is 7.87. The van der Waals surface area contributed by atoms with Crippen molar-refractivity contribution in [2.45, 2.75) is 37.1 Å². The molecule has 0 aliphatic carbocycles. The largest absolute Gasteiger partial charge is 0.465 e. The number of alkyl carbamates (subject to hydrolysis) is 1. The Morgan fingerprint density at radius 1 is 1.36 bits per heavy atom. The van der Waals surface area contributed by atoms with Gasteiger partial charge in [0, 0.05) is 31.3 Å². The third-order valence-electron chi connectivity index (χ3n) is 4.14. The fourth-order valence-electron chi connectivity index (χ4n) is 2.73. The molecule has 1 aliphatic rings. The Morgan fingerprint density at radius 2 is 2.18 bits per heavy atom. The van der Waals surface area contributed by atoms with E-state index in [-0.39, 0.29) is 17.8 Å². The summed E-state index contributed by atoms with van der Waals surface area (Å²) < 4.78 is 43.7. The summed E-state index contributed by atoms with van der Waals surface area (Å²) >= 11 is 3.25. The van der Waals surface area contributed by atoms with Gasteiger partial charge in [-0.05, 0) is 47.0 Å². The summed E-state index contributed by atoms with van der Waals surface area (Å²) in [5, 5.41) is 2.33. The number of carbonyl (C=O) groups is 1. The van der Waals surface area contributed by atoms with Gasteiger partial charge >= 0.3 is 6.09 Å². The highest BCUT2D eigenvalue weighted by atomic mass is 79.9. The highest BCUT2D eigenvalue weighted by Gasteiger charge is 2.22. The number of ether oxygens (including phenoxy) is 3. The Labute approximate surface area is 172 Å². The predicted octanol–water partition coefficient (Wildman–Crippen LogP) is 3.25. The fourth-order valence-corrected chi connectivity index (χ4v) is 5.00. The second-order valence-corrected chi connectivity index (χ2v) is 8.81. The standard InChI is InChI=1S/C18H21BrN2O6S/c1-20-18(22)26-12-13-9-16(19)21(11-13)28(23,24)15-6-4-5-14(10-15)27-17-7-2-3-8-25-17/h4-6,9-11,17H,2-3,7-8,12H2,1H3,(H,20,22). The van der Waals surface area contributed by atoms with E-state index in [1.165, 1.54) is 25.4 Å². The van der Waals surface area contributed by atoms with Gasteiger partial charge < -0.3 is 19.5 Å². The number of nitrogens with one attached hydrogen (secondary N) is 1. The molecule has 1 fully saturated rings. The first-order valence-corrected chi connectivity index (χ1v) is 11.0. The predicted molar refractivity (Wildman–Crippen MR) is 105 cm³/mol. The van der Waals surface area contributed by atoms with Gasteiger partial charge in [0.2, 0.25) is 0 Å². The Kier molecular flexibility index (Phi) is 6.63. The summed E-state index contributed by atoms with van der Waals surface area (Å²) in [5.74, 6) is 0.430. The maximum atomic E-state index is 13.0. The van der Waals surface area contributed by atoms with E-state index in [4.69, 9.17) is 14.2 Å². The Bertz CT molecular complexity index is 937. The molecule has 1 aliphatic heterocycles. The minimum Gasteiger partial charge on any atom is -0.465 e. The molecule has 0 radical (unpaired) electrons. The van der Waals surface area contributed by atoms with Gasteiger partial charge in [0.1, 0.15) is 17.0 Å². The Hall–Kier alpha value is -2.04. The quantitative estimate of drug-likeness (QED) is 0.692. The fraction of sp³-hybridized carbons (Fsp3) is 0.389. The topological polar surface area (TPSA) is 95.9 Å². The lowest BCUT2D eigenvalue weighted by molar-refractivity contribution is -0.106.